The van der Waals surface area contributed by atoms with E-state index in [4.69, 9.17) is 4.74 Å². The second-order valence-electron chi connectivity index (χ2n) is 5.04. The summed E-state index contributed by atoms with van der Waals surface area (Å²) >= 11 is 0. The molecule has 1 amide bonds. The number of amides is 1. The number of carbonyl (C=O) groups excluding carboxylic acids is 1. The van der Waals surface area contributed by atoms with Crippen LogP contribution in [0.4, 0.5) is 4.39 Å². The van der Waals surface area contributed by atoms with Crippen molar-refractivity contribution in [3.05, 3.63) is 59.7 Å². The molecule has 1 aromatic heterocycles. The lowest BCUT2D eigenvalue weighted by atomic mass is 10.1. The summed E-state index contributed by atoms with van der Waals surface area (Å²) in [4.78, 5) is 15.9. The van der Waals surface area contributed by atoms with Gasteiger partial charge >= 0.3 is 0 Å². The van der Waals surface area contributed by atoms with Crippen molar-refractivity contribution in [2.24, 2.45) is 0 Å². The van der Waals surface area contributed by atoms with Crippen molar-refractivity contribution in [1.29, 1.82) is 0 Å². The Balaban J connectivity index is 1.86. The van der Waals surface area contributed by atoms with Gasteiger partial charge in [-0.3, -0.25) is 9.78 Å². The summed E-state index contributed by atoms with van der Waals surface area (Å²) in [5.74, 6) is -0.273. The van der Waals surface area contributed by atoms with Crippen molar-refractivity contribution < 1.29 is 13.9 Å². The maximum absolute atomic E-state index is 13.6. The zero-order valence-corrected chi connectivity index (χ0v) is 12.7. The molecule has 0 fully saturated rings. The Morgan fingerprint density at radius 1 is 1.32 bits per heavy atom. The van der Waals surface area contributed by atoms with E-state index in [1.807, 2.05) is 19.1 Å². The summed E-state index contributed by atoms with van der Waals surface area (Å²) in [6.45, 7) is 1.92. The number of hydrogen-bond acceptors (Lipinski definition) is 3. The van der Waals surface area contributed by atoms with E-state index in [2.05, 4.69) is 10.3 Å². The molecule has 22 heavy (non-hydrogen) atoms. The summed E-state index contributed by atoms with van der Waals surface area (Å²) in [7, 11) is 1.42. The van der Waals surface area contributed by atoms with Gasteiger partial charge in [-0.05, 0) is 48.7 Å². The van der Waals surface area contributed by atoms with Gasteiger partial charge in [-0.15, -0.1) is 0 Å². The van der Waals surface area contributed by atoms with E-state index in [1.165, 1.54) is 13.2 Å². The van der Waals surface area contributed by atoms with Gasteiger partial charge in [0.2, 0.25) is 5.91 Å². The van der Waals surface area contributed by atoms with Gasteiger partial charge in [0.15, 0.2) is 11.6 Å². The number of methoxy groups -OCH3 is 1. The van der Waals surface area contributed by atoms with Gasteiger partial charge in [-0.2, -0.15) is 0 Å². The highest BCUT2D eigenvalue weighted by Crippen LogP contribution is 2.18. The average molecular weight is 302 g/mol. The normalized spacial score (nSPS) is 11.8. The molecule has 0 aliphatic rings. The monoisotopic (exact) mass is 302 g/mol. The summed E-state index contributed by atoms with van der Waals surface area (Å²) in [5.41, 5.74) is 1.77. The Bertz CT molecular complexity index is 632. The van der Waals surface area contributed by atoms with Crippen LogP contribution < -0.4 is 10.1 Å². The minimum absolute atomic E-state index is 0.0689. The molecule has 0 saturated carbocycles. The minimum Gasteiger partial charge on any atom is -0.494 e. The molecule has 2 rings (SSSR count). The van der Waals surface area contributed by atoms with E-state index in [1.54, 1.807) is 24.5 Å². The summed E-state index contributed by atoms with van der Waals surface area (Å²) in [6, 6.07) is 8.39. The van der Waals surface area contributed by atoms with Crippen LogP contribution in [0.2, 0.25) is 0 Å². The number of halogens is 1. The van der Waals surface area contributed by atoms with Crippen LogP contribution in [0.15, 0.2) is 42.7 Å². The van der Waals surface area contributed by atoms with Crippen LogP contribution in [0, 0.1) is 5.82 Å². The van der Waals surface area contributed by atoms with E-state index in [-0.39, 0.29) is 17.7 Å². The first-order valence-electron chi connectivity index (χ1n) is 7.12. The van der Waals surface area contributed by atoms with Gasteiger partial charge in [0.05, 0.1) is 13.2 Å². The van der Waals surface area contributed by atoms with Gasteiger partial charge in [-0.1, -0.05) is 6.07 Å². The molecule has 0 radical (unpaired) electrons. The summed E-state index contributed by atoms with van der Waals surface area (Å²) < 4.78 is 18.4. The Morgan fingerprint density at radius 3 is 2.68 bits per heavy atom. The van der Waals surface area contributed by atoms with Crippen LogP contribution in [0.1, 0.15) is 30.5 Å². The summed E-state index contributed by atoms with van der Waals surface area (Å²) in [6.07, 6.45) is 4.17. The molecule has 1 N–H and O–H groups in total. The molecule has 0 aliphatic carbocycles. The van der Waals surface area contributed by atoms with Gasteiger partial charge in [0.1, 0.15) is 0 Å². The first-order chi connectivity index (χ1) is 10.6. The molecule has 1 unspecified atom stereocenters. The fraction of sp³-hybridized carbons (Fsp3) is 0.294. The molecule has 0 bridgehead atoms. The van der Waals surface area contributed by atoms with E-state index in [0.717, 1.165) is 11.1 Å². The lowest BCUT2D eigenvalue weighted by Gasteiger charge is -2.14. The van der Waals surface area contributed by atoms with Crippen LogP contribution >= 0.6 is 0 Å². The van der Waals surface area contributed by atoms with Gasteiger partial charge in [-0.25, -0.2) is 4.39 Å². The molecule has 0 aliphatic heterocycles. The van der Waals surface area contributed by atoms with Crippen LogP contribution in [0.3, 0.4) is 0 Å². The molecule has 0 saturated heterocycles. The smallest absolute Gasteiger partial charge is 0.220 e. The van der Waals surface area contributed by atoms with Gasteiger partial charge in [0, 0.05) is 18.8 Å². The van der Waals surface area contributed by atoms with Gasteiger partial charge in [0.25, 0.3) is 0 Å². The Hall–Kier alpha value is -2.43. The Labute approximate surface area is 129 Å². The molecular weight excluding hydrogens is 283 g/mol. The van der Waals surface area contributed by atoms with Crippen molar-refractivity contribution in [3.8, 4) is 5.75 Å². The van der Waals surface area contributed by atoms with Crippen LogP contribution in [0.25, 0.3) is 0 Å². The fourth-order valence-electron chi connectivity index (χ4n) is 2.17. The predicted molar refractivity (Wildman–Crippen MR) is 82.1 cm³/mol. The number of rotatable bonds is 6. The zero-order chi connectivity index (χ0) is 15.9. The number of nitrogens with one attached hydrogen (secondary N) is 1. The van der Waals surface area contributed by atoms with Crippen molar-refractivity contribution in [2.45, 2.75) is 25.8 Å². The lowest BCUT2D eigenvalue weighted by molar-refractivity contribution is -0.121. The second-order valence-corrected chi connectivity index (χ2v) is 5.04. The minimum atomic E-state index is -0.412. The summed E-state index contributed by atoms with van der Waals surface area (Å²) in [5, 5.41) is 2.92. The molecular formula is C17H19FN2O2. The van der Waals surface area contributed by atoms with E-state index >= 15 is 0 Å². The maximum atomic E-state index is 13.6. The van der Waals surface area contributed by atoms with E-state index < -0.39 is 5.82 Å². The van der Waals surface area contributed by atoms with E-state index in [9.17, 15) is 9.18 Å². The molecule has 2 aromatic rings. The number of aromatic nitrogens is 1. The molecule has 1 heterocycles. The molecule has 0 spiro atoms. The van der Waals surface area contributed by atoms with Crippen molar-refractivity contribution in [1.82, 2.24) is 10.3 Å². The molecule has 5 heteroatoms. The highest BCUT2D eigenvalue weighted by atomic mass is 19.1. The van der Waals surface area contributed by atoms with Crippen LogP contribution in [-0.4, -0.2) is 18.0 Å². The number of hydrogen-bond donors (Lipinski definition) is 1. The number of aryl methyl sites for hydroxylation is 1. The van der Waals surface area contributed by atoms with Crippen molar-refractivity contribution >= 4 is 5.91 Å². The Kier molecular flexibility index (Phi) is 5.47. The Morgan fingerprint density at radius 2 is 2.05 bits per heavy atom. The third kappa shape index (κ3) is 4.28. The quantitative estimate of drug-likeness (QED) is 0.892. The molecule has 4 nitrogen and oxygen atoms in total. The van der Waals surface area contributed by atoms with Crippen molar-refractivity contribution in [2.75, 3.05) is 7.11 Å². The third-order valence-corrected chi connectivity index (χ3v) is 3.44. The standard InChI is InChI=1S/C17H19FN2O2/c1-12(14-7-9-19-10-8-14)20-17(21)6-4-13-3-5-16(22-2)15(18)11-13/h3,5,7-12H,4,6H2,1-2H3,(H,20,21). The topological polar surface area (TPSA) is 51.2 Å². The van der Waals surface area contributed by atoms with Crippen LogP contribution in [0.5, 0.6) is 5.75 Å². The number of nitrogens with zero attached hydrogens (tertiary/aromatic N) is 1. The highest BCUT2D eigenvalue weighted by molar-refractivity contribution is 5.76. The lowest BCUT2D eigenvalue weighted by Crippen LogP contribution is -2.26. The van der Waals surface area contributed by atoms with Crippen LogP contribution in [-0.2, 0) is 11.2 Å². The van der Waals surface area contributed by atoms with E-state index in [0.29, 0.717) is 12.8 Å². The van der Waals surface area contributed by atoms with Gasteiger partial charge < -0.3 is 10.1 Å². The predicted octanol–water partition coefficient (Wildman–Crippen LogP) is 3.04. The largest absolute Gasteiger partial charge is 0.494 e. The maximum Gasteiger partial charge on any atom is 0.220 e. The number of ether oxygens (including phenoxy) is 1. The molecule has 116 valence electrons. The second kappa shape index (κ2) is 7.54. The fourth-order valence-corrected chi connectivity index (χ4v) is 2.17. The molecule has 1 atom stereocenters. The third-order valence-electron chi connectivity index (χ3n) is 3.44. The number of pyridine rings is 1. The average Bonchev–Trinajstić information content (AvgIpc) is 2.54. The number of carbonyl (C=O) groups is 1. The zero-order valence-electron chi connectivity index (χ0n) is 12.7. The first-order valence-corrected chi connectivity index (χ1v) is 7.12. The number of benzene rings is 1. The van der Waals surface area contributed by atoms with Crippen molar-refractivity contribution in [3.63, 3.8) is 0 Å². The highest BCUT2D eigenvalue weighted by Gasteiger charge is 2.10. The SMILES string of the molecule is COc1ccc(CCC(=O)NC(C)c2ccncc2)cc1F. The molecule has 1 aromatic carbocycles. The first kappa shape index (κ1) is 15.9.